The van der Waals surface area contributed by atoms with Crippen LogP contribution in [0.5, 0.6) is 0 Å². The fourth-order valence-corrected chi connectivity index (χ4v) is 3.39. The second kappa shape index (κ2) is 7.05. The van der Waals surface area contributed by atoms with Gasteiger partial charge in [-0.1, -0.05) is 35.9 Å². The SMILES string of the molecule is NC(=O)c1cccc(C[C@H]2CCN(C(=O)c3ccccc3Cl)C2)c1. The molecule has 24 heavy (non-hydrogen) atoms. The van der Waals surface area contributed by atoms with E-state index in [-0.39, 0.29) is 5.91 Å². The van der Waals surface area contributed by atoms with Gasteiger partial charge in [0.2, 0.25) is 5.91 Å². The van der Waals surface area contributed by atoms with Gasteiger partial charge < -0.3 is 10.6 Å². The Morgan fingerprint density at radius 3 is 2.71 bits per heavy atom. The van der Waals surface area contributed by atoms with Gasteiger partial charge in [0.25, 0.3) is 5.91 Å². The van der Waals surface area contributed by atoms with Gasteiger partial charge in [-0.15, -0.1) is 0 Å². The van der Waals surface area contributed by atoms with Crippen LogP contribution in [0, 0.1) is 5.92 Å². The van der Waals surface area contributed by atoms with E-state index in [1.807, 2.05) is 35.2 Å². The lowest BCUT2D eigenvalue weighted by molar-refractivity contribution is 0.0787. The molecule has 1 aliphatic rings. The zero-order valence-corrected chi connectivity index (χ0v) is 14.0. The lowest BCUT2D eigenvalue weighted by atomic mass is 9.97. The van der Waals surface area contributed by atoms with Crippen LogP contribution in [0.25, 0.3) is 0 Å². The molecule has 2 amide bonds. The van der Waals surface area contributed by atoms with Crippen molar-refractivity contribution in [3.63, 3.8) is 0 Å². The molecule has 2 aromatic carbocycles. The predicted molar refractivity (Wildman–Crippen MR) is 94.1 cm³/mol. The molecule has 3 rings (SSSR count). The third-order valence-electron chi connectivity index (χ3n) is 4.41. The maximum atomic E-state index is 12.6. The number of halogens is 1. The summed E-state index contributed by atoms with van der Waals surface area (Å²) in [5, 5.41) is 0.486. The molecule has 0 bridgehead atoms. The summed E-state index contributed by atoms with van der Waals surface area (Å²) in [7, 11) is 0. The summed E-state index contributed by atoms with van der Waals surface area (Å²) >= 11 is 6.12. The third-order valence-corrected chi connectivity index (χ3v) is 4.74. The summed E-state index contributed by atoms with van der Waals surface area (Å²) < 4.78 is 0. The maximum absolute atomic E-state index is 12.6. The molecule has 0 radical (unpaired) electrons. The topological polar surface area (TPSA) is 63.4 Å². The minimum absolute atomic E-state index is 0.0195. The van der Waals surface area contributed by atoms with Crippen LogP contribution in [0.15, 0.2) is 48.5 Å². The molecule has 1 saturated heterocycles. The van der Waals surface area contributed by atoms with Crippen LogP contribution in [0.1, 0.15) is 32.7 Å². The van der Waals surface area contributed by atoms with E-state index < -0.39 is 5.91 Å². The highest BCUT2D eigenvalue weighted by atomic mass is 35.5. The molecule has 1 heterocycles. The molecule has 0 spiro atoms. The molecule has 2 N–H and O–H groups in total. The minimum Gasteiger partial charge on any atom is -0.366 e. The van der Waals surface area contributed by atoms with Crippen LogP contribution < -0.4 is 5.73 Å². The number of carbonyl (C=O) groups excluding carboxylic acids is 2. The number of benzene rings is 2. The molecule has 0 aliphatic carbocycles. The van der Waals surface area contributed by atoms with E-state index in [2.05, 4.69) is 0 Å². The molecule has 0 saturated carbocycles. The van der Waals surface area contributed by atoms with Crippen LogP contribution in [0.3, 0.4) is 0 Å². The molecule has 5 heteroatoms. The van der Waals surface area contributed by atoms with Crippen LogP contribution in [0.4, 0.5) is 0 Å². The van der Waals surface area contributed by atoms with Gasteiger partial charge in [0, 0.05) is 18.7 Å². The van der Waals surface area contributed by atoms with Crippen LogP contribution >= 0.6 is 11.6 Å². The summed E-state index contributed by atoms with van der Waals surface area (Å²) in [5.41, 5.74) is 7.47. The van der Waals surface area contributed by atoms with Crippen molar-refractivity contribution in [3.8, 4) is 0 Å². The Bertz CT molecular complexity index is 775. The summed E-state index contributed by atoms with van der Waals surface area (Å²) in [4.78, 5) is 25.7. The van der Waals surface area contributed by atoms with Gasteiger partial charge >= 0.3 is 0 Å². The van der Waals surface area contributed by atoms with E-state index >= 15 is 0 Å². The molecular formula is C19H19ClN2O2. The Hall–Kier alpha value is -2.33. The number of hydrogen-bond donors (Lipinski definition) is 1. The summed E-state index contributed by atoms with van der Waals surface area (Å²) in [6, 6.07) is 14.5. The Morgan fingerprint density at radius 1 is 1.17 bits per heavy atom. The normalized spacial score (nSPS) is 17.0. The van der Waals surface area contributed by atoms with Gasteiger partial charge in [-0.3, -0.25) is 9.59 Å². The van der Waals surface area contributed by atoms with Gasteiger partial charge in [0.15, 0.2) is 0 Å². The van der Waals surface area contributed by atoms with E-state index in [1.54, 1.807) is 18.2 Å². The summed E-state index contributed by atoms with van der Waals surface area (Å²) in [5.74, 6) is -0.0626. The van der Waals surface area contributed by atoms with E-state index in [0.29, 0.717) is 28.6 Å². The Kier molecular flexibility index (Phi) is 4.86. The van der Waals surface area contributed by atoms with Crippen molar-refractivity contribution in [1.29, 1.82) is 0 Å². The molecule has 2 aromatic rings. The zero-order valence-electron chi connectivity index (χ0n) is 13.2. The van der Waals surface area contributed by atoms with Gasteiger partial charge in [0.1, 0.15) is 0 Å². The van der Waals surface area contributed by atoms with Gasteiger partial charge in [-0.2, -0.15) is 0 Å². The number of amides is 2. The van der Waals surface area contributed by atoms with Crippen molar-refractivity contribution in [2.75, 3.05) is 13.1 Å². The van der Waals surface area contributed by atoms with Gasteiger partial charge in [-0.25, -0.2) is 0 Å². The third kappa shape index (κ3) is 3.60. The van der Waals surface area contributed by atoms with Crippen LogP contribution in [0.2, 0.25) is 5.02 Å². The van der Waals surface area contributed by atoms with E-state index in [9.17, 15) is 9.59 Å². The minimum atomic E-state index is -0.418. The number of nitrogens with two attached hydrogens (primary N) is 1. The maximum Gasteiger partial charge on any atom is 0.255 e. The van der Waals surface area contributed by atoms with Crippen molar-refractivity contribution in [2.45, 2.75) is 12.8 Å². The van der Waals surface area contributed by atoms with Crippen LogP contribution in [-0.4, -0.2) is 29.8 Å². The first-order valence-electron chi connectivity index (χ1n) is 7.97. The number of rotatable bonds is 4. The van der Waals surface area contributed by atoms with Crippen molar-refractivity contribution < 1.29 is 9.59 Å². The monoisotopic (exact) mass is 342 g/mol. The largest absolute Gasteiger partial charge is 0.366 e. The number of likely N-dealkylation sites (tertiary alicyclic amines) is 1. The highest BCUT2D eigenvalue weighted by Crippen LogP contribution is 2.25. The first-order valence-corrected chi connectivity index (χ1v) is 8.35. The lowest BCUT2D eigenvalue weighted by Gasteiger charge is -2.17. The lowest BCUT2D eigenvalue weighted by Crippen LogP contribution is -2.29. The van der Waals surface area contributed by atoms with Crippen LogP contribution in [-0.2, 0) is 6.42 Å². The molecular weight excluding hydrogens is 324 g/mol. The average Bonchev–Trinajstić information content (AvgIpc) is 3.03. The van der Waals surface area contributed by atoms with E-state index in [1.165, 1.54) is 0 Å². The van der Waals surface area contributed by atoms with Gasteiger partial charge in [0.05, 0.1) is 10.6 Å². The van der Waals surface area contributed by atoms with Crippen molar-refractivity contribution in [3.05, 3.63) is 70.2 Å². The first kappa shape index (κ1) is 16.5. The molecule has 1 fully saturated rings. The van der Waals surface area contributed by atoms with Crippen molar-refractivity contribution in [1.82, 2.24) is 4.90 Å². The van der Waals surface area contributed by atoms with Crippen molar-refractivity contribution >= 4 is 23.4 Å². The highest BCUT2D eigenvalue weighted by molar-refractivity contribution is 6.33. The Labute approximate surface area is 146 Å². The first-order chi connectivity index (χ1) is 11.5. The number of carbonyl (C=O) groups is 2. The predicted octanol–water partition coefficient (Wildman–Crippen LogP) is 3.14. The average molecular weight is 343 g/mol. The number of nitrogens with zero attached hydrogens (tertiary/aromatic N) is 1. The molecule has 124 valence electrons. The second-order valence-electron chi connectivity index (χ2n) is 6.15. The Morgan fingerprint density at radius 2 is 1.96 bits per heavy atom. The molecule has 4 nitrogen and oxygen atoms in total. The zero-order chi connectivity index (χ0) is 17.1. The second-order valence-corrected chi connectivity index (χ2v) is 6.56. The number of hydrogen-bond acceptors (Lipinski definition) is 2. The molecule has 1 atom stereocenters. The van der Waals surface area contributed by atoms with Crippen molar-refractivity contribution in [2.24, 2.45) is 11.7 Å². The van der Waals surface area contributed by atoms with E-state index in [0.717, 1.165) is 24.9 Å². The Balaban J connectivity index is 1.65. The summed E-state index contributed by atoms with van der Waals surface area (Å²) in [6.45, 7) is 1.43. The highest BCUT2D eigenvalue weighted by Gasteiger charge is 2.28. The smallest absolute Gasteiger partial charge is 0.255 e. The molecule has 0 aromatic heterocycles. The fourth-order valence-electron chi connectivity index (χ4n) is 3.17. The van der Waals surface area contributed by atoms with E-state index in [4.69, 9.17) is 17.3 Å². The molecule has 0 unspecified atom stereocenters. The fraction of sp³-hybridized carbons (Fsp3) is 0.263. The standard InChI is InChI=1S/C19H19ClN2O2/c20-17-7-2-1-6-16(17)19(24)22-9-8-14(12-22)10-13-4-3-5-15(11-13)18(21)23/h1-7,11,14H,8-10,12H2,(H2,21,23)/t14-/m1/s1. The van der Waals surface area contributed by atoms with Gasteiger partial charge in [-0.05, 0) is 48.6 Å². The summed E-state index contributed by atoms with van der Waals surface area (Å²) in [6.07, 6.45) is 1.77. The number of primary amides is 1. The molecule has 1 aliphatic heterocycles. The quantitative estimate of drug-likeness (QED) is 0.927.